The molecule has 2 bridgehead atoms. The summed E-state index contributed by atoms with van der Waals surface area (Å²) < 4.78 is 7.02. The number of hydrogen-bond acceptors (Lipinski definition) is 7. The summed E-state index contributed by atoms with van der Waals surface area (Å²) >= 11 is 6.47. The average Bonchev–Trinajstić information content (AvgIpc) is 3.76. The normalized spacial score (nSPS) is 28.0. The molecule has 1 saturated heterocycles. The lowest BCUT2D eigenvalue weighted by atomic mass is 9.68. The molecule has 7 atom stereocenters. The van der Waals surface area contributed by atoms with Gasteiger partial charge in [-0.05, 0) is 66.6 Å². The lowest BCUT2D eigenvalue weighted by Gasteiger charge is -2.43. The minimum Gasteiger partial charge on any atom is -0.483 e. The van der Waals surface area contributed by atoms with Crippen molar-refractivity contribution in [3.8, 4) is 5.75 Å². The number of aromatic nitrogens is 1. The number of thiazole rings is 1. The van der Waals surface area contributed by atoms with Gasteiger partial charge in [-0.3, -0.25) is 24.1 Å². The number of fused-ring (bicyclic) bond motifs is 9. The highest BCUT2D eigenvalue weighted by atomic mass is 79.9. The van der Waals surface area contributed by atoms with Crippen LogP contribution in [-0.4, -0.2) is 34.6 Å². The van der Waals surface area contributed by atoms with Crippen molar-refractivity contribution in [3.63, 3.8) is 0 Å². The summed E-state index contributed by atoms with van der Waals surface area (Å²) in [5.74, 6) is -0.995. The van der Waals surface area contributed by atoms with E-state index in [1.165, 1.54) is 16.2 Å². The SMILES string of the molecule is O=C(COc1ccc(Br)cc1[C@H]1c2sc(=O)[nH]c2SC2C1[C@H]1C[C@@H]2C2C(=O)N(c3ccccc3)C(=O)C21)Nc1ccccc1. The number of rotatable bonds is 6. The standard InChI is InChI=1S/C33H26BrN3O5S2/c34-16-11-12-22(42-15-23(38)35-17-7-3-1-4-8-17)19(13-16)24-25-20-14-21(28(25)43-30-29(24)44-33(41)36-30)27-26(20)31(39)37(32(27)40)18-9-5-2-6-10-18/h1-13,20-21,24-28H,14-15H2,(H,35,38)(H,36,41)/t20-,21-,24-,25?,26?,27?,28?/m1/s1. The molecule has 8 nitrogen and oxygen atoms in total. The number of imide groups is 1. The topological polar surface area (TPSA) is 109 Å². The Morgan fingerprint density at radius 3 is 2.41 bits per heavy atom. The molecular weight excluding hydrogens is 662 g/mol. The summed E-state index contributed by atoms with van der Waals surface area (Å²) in [6, 6.07) is 24.1. The molecule has 1 aromatic heterocycles. The van der Waals surface area contributed by atoms with Gasteiger partial charge in [-0.1, -0.05) is 63.7 Å². The molecule has 3 amide bonds. The number of H-pyrrole nitrogens is 1. The minimum atomic E-state index is -0.401. The molecular formula is C33H26BrN3O5S2. The average molecular weight is 689 g/mol. The molecule has 11 heteroatoms. The smallest absolute Gasteiger partial charge is 0.305 e. The van der Waals surface area contributed by atoms with Gasteiger partial charge < -0.3 is 15.0 Å². The van der Waals surface area contributed by atoms with E-state index in [-0.39, 0.29) is 64.0 Å². The number of benzene rings is 3. The summed E-state index contributed by atoms with van der Waals surface area (Å²) in [6.45, 7) is -0.189. The third-order valence-corrected chi connectivity index (χ3v) is 12.5. The van der Waals surface area contributed by atoms with Gasteiger partial charge in [-0.25, -0.2) is 0 Å². The predicted octanol–water partition coefficient (Wildman–Crippen LogP) is 5.89. The zero-order chi connectivity index (χ0) is 30.1. The predicted molar refractivity (Wildman–Crippen MR) is 172 cm³/mol. The first-order valence-electron chi connectivity index (χ1n) is 14.5. The van der Waals surface area contributed by atoms with E-state index >= 15 is 0 Å². The van der Waals surface area contributed by atoms with Crippen molar-refractivity contribution in [1.82, 2.24) is 4.98 Å². The summed E-state index contributed by atoms with van der Waals surface area (Å²) in [4.78, 5) is 58.5. The van der Waals surface area contributed by atoms with Gasteiger partial charge in [0.25, 0.3) is 5.91 Å². The van der Waals surface area contributed by atoms with Crippen molar-refractivity contribution in [2.45, 2.75) is 22.6 Å². The molecule has 222 valence electrons. The Bertz CT molecular complexity index is 1860. The molecule has 2 aliphatic carbocycles. The molecule has 4 aliphatic rings. The Kier molecular flexibility index (Phi) is 6.80. The van der Waals surface area contributed by atoms with Crippen molar-refractivity contribution in [1.29, 1.82) is 0 Å². The van der Waals surface area contributed by atoms with E-state index in [1.54, 1.807) is 11.8 Å². The molecule has 2 N–H and O–H groups in total. The Morgan fingerprint density at radius 2 is 1.66 bits per heavy atom. The molecule has 0 spiro atoms. The van der Waals surface area contributed by atoms with Crippen molar-refractivity contribution in [2.75, 3.05) is 16.8 Å². The summed E-state index contributed by atoms with van der Waals surface area (Å²) in [6.07, 6.45) is 0.789. The maximum Gasteiger partial charge on any atom is 0.305 e. The van der Waals surface area contributed by atoms with Gasteiger partial charge in [0.2, 0.25) is 11.8 Å². The summed E-state index contributed by atoms with van der Waals surface area (Å²) in [5.41, 5.74) is 2.16. The number of nitrogens with zero attached hydrogens (tertiary/aromatic N) is 1. The van der Waals surface area contributed by atoms with Crippen LogP contribution in [0.1, 0.15) is 22.8 Å². The van der Waals surface area contributed by atoms with Gasteiger partial charge in [0.1, 0.15) is 5.75 Å². The number of hydrogen-bond donors (Lipinski definition) is 2. The van der Waals surface area contributed by atoms with Gasteiger partial charge in [-0.2, -0.15) is 0 Å². The number of aromatic amines is 1. The molecule has 3 aromatic carbocycles. The number of anilines is 2. The maximum atomic E-state index is 14.0. The highest BCUT2D eigenvalue weighted by molar-refractivity contribution is 9.10. The molecule has 44 heavy (non-hydrogen) atoms. The van der Waals surface area contributed by atoms with E-state index in [0.717, 1.165) is 26.4 Å². The van der Waals surface area contributed by atoms with Crippen LogP contribution < -0.4 is 19.8 Å². The lowest BCUT2D eigenvalue weighted by Crippen LogP contribution is -2.42. The van der Waals surface area contributed by atoms with Crippen LogP contribution in [0.25, 0.3) is 0 Å². The molecule has 4 unspecified atom stereocenters. The van der Waals surface area contributed by atoms with Crippen LogP contribution in [0.5, 0.6) is 5.75 Å². The highest BCUT2D eigenvalue weighted by Crippen LogP contribution is 2.69. The molecule has 2 saturated carbocycles. The molecule has 3 heterocycles. The van der Waals surface area contributed by atoms with Crippen LogP contribution in [0.3, 0.4) is 0 Å². The van der Waals surface area contributed by atoms with Crippen LogP contribution in [0.2, 0.25) is 0 Å². The third-order valence-electron chi connectivity index (χ3n) is 9.46. The second kappa shape index (κ2) is 10.7. The first-order chi connectivity index (χ1) is 21.4. The number of amides is 3. The first kappa shape index (κ1) is 27.8. The first-order valence-corrected chi connectivity index (χ1v) is 17.0. The molecule has 4 aromatic rings. The van der Waals surface area contributed by atoms with Gasteiger partial charge in [0, 0.05) is 31.8 Å². The largest absolute Gasteiger partial charge is 0.483 e. The fourth-order valence-corrected chi connectivity index (χ4v) is 11.2. The number of carbonyl (C=O) groups is 3. The molecule has 0 radical (unpaired) electrons. The number of nitrogens with one attached hydrogen (secondary N) is 2. The van der Waals surface area contributed by atoms with Crippen molar-refractivity contribution >= 4 is 68.1 Å². The van der Waals surface area contributed by atoms with Gasteiger partial charge in [0.05, 0.1) is 22.5 Å². The fraction of sp³-hybridized carbons (Fsp3) is 0.273. The minimum absolute atomic E-state index is 0.00692. The van der Waals surface area contributed by atoms with Crippen LogP contribution >= 0.6 is 39.0 Å². The lowest BCUT2D eigenvalue weighted by molar-refractivity contribution is -0.123. The number of thioether (sulfide) groups is 1. The van der Waals surface area contributed by atoms with Crippen molar-refractivity contribution in [2.24, 2.45) is 29.6 Å². The van der Waals surface area contributed by atoms with E-state index < -0.39 is 5.92 Å². The Labute approximate surface area is 269 Å². The highest BCUT2D eigenvalue weighted by Gasteiger charge is 2.69. The number of ether oxygens (including phenoxy) is 1. The van der Waals surface area contributed by atoms with Gasteiger partial charge in [-0.15, -0.1) is 11.8 Å². The van der Waals surface area contributed by atoms with Crippen LogP contribution in [0.4, 0.5) is 11.4 Å². The Morgan fingerprint density at radius 1 is 0.955 bits per heavy atom. The van der Waals surface area contributed by atoms with E-state index in [1.807, 2.05) is 78.9 Å². The molecule has 3 fully saturated rings. The van der Waals surface area contributed by atoms with E-state index in [4.69, 9.17) is 4.74 Å². The van der Waals surface area contributed by atoms with Gasteiger partial charge in [0.15, 0.2) is 6.61 Å². The van der Waals surface area contributed by atoms with E-state index in [9.17, 15) is 19.2 Å². The molecule has 2 aliphatic heterocycles. The second-order valence-corrected chi connectivity index (χ2v) is 14.8. The molecule has 8 rings (SSSR count). The zero-order valence-electron chi connectivity index (χ0n) is 23.1. The Balaban J connectivity index is 1.16. The number of halogens is 1. The second-order valence-electron chi connectivity index (χ2n) is 11.7. The van der Waals surface area contributed by atoms with Crippen molar-refractivity contribution < 1.29 is 19.1 Å². The maximum absolute atomic E-state index is 14.0. The van der Waals surface area contributed by atoms with Crippen LogP contribution in [0, 0.1) is 29.6 Å². The zero-order valence-corrected chi connectivity index (χ0v) is 26.4. The van der Waals surface area contributed by atoms with Crippen LogP contribution in [-0.2, 0) is 14.4 Å². The van der Waals surface area contributed by atoms with Crippen molar-refractivity contribution in [3.05, 3.63) is 103 Å². The summed E-state index contributed by atoms with van der Waals surface area (Å²) in [5, 5.41) is 3.72. The fourth-order valence-electron chi connectivity index (χ4n) is 7.95. The summed E-state index contributed by atoms with van der Waals surface area (Å²) in [7, 11) is 0. The van der Waals surface area contributed by atoms with Gasteiger partial charge >= 0.3 is 4.87 Å². The third kappa shape index (κ3) is 4.39. The Hall–Kier alpha value is -3.67. The number of para-hydroxylation sites is 2. The van der Waals surface area contributed by atoms with E-state index in [0.29, 0.717) is 17.1 Å². The van der Waals surface area contributed by atoms with E-state index in [2.05, 4.69) is 26.2 Å². The van der Waals surface area contributed by atoms with Crippen LogP contribution in [0.15, 0.2) is 93.2 Å². The monoisotopic (exact) mass is 687 g/mol. The quantitative estimate of drug-likeness (QED) is 0.245. The number of carbonyl (C=O) groups excluding carboxylic acids is 3.